The van der Waals surface area contributed by atoms with Gasteiger partial charge in [-0.05, 0) is 38.9 Å². The Hall–Kier alpha value is -2.09. The highest BCUT2D eigenvalue weighted by molar-refractivity contribution is 5.95. The SMILES string of the molecule is CC1(NC(=O)c2cc(F)cc([N+](=O)[O-])c2F)CCNCC1. The molecule has 2 rings (SSSR count). The molecular weight excluding hydrogens is 284 g/mol. The van der Waals surface area contributed by atoms with Gasteiger partial charge >= 0.3 is 5.69 Å². The first kappa shape index (κ1) is 15.3. The highest BCUT2D eigenvalue weighted by atomic mass is 19.1. The molecule has 114 valence electrons. The second-order valence-electron chi connectivity index (χ2n) is 5.31. The lowest BCUT2D eigenvalue weighted by Crippen LogP contribution is -2.52. The second kappa shape index (κ2) is 5.72. The van der Waals surface area contributed by atoms with Gasteiger partial charge in [-0.3, -0.25) is 14.9 Å². The summed E-state index contributed by atoms with van der Waals surface area (Å²) in [6.07, 6.45) is 1.27. The van der Waals surface area contributed by atoms with Crippen LogP contribution in [0.25, 0.3) is 0 Å². The van der Waals surface area contributed by atoms with Crippen LogP contribution >= 0.6 is 0 Å². The van der Waals surface area contributed by atoms with Crippen molar-refractivity contribution < 1.29 is 18.5 Å². The number of hydrogen-bond acceptors (Lipinski definition) is 4. The zero-order valence-electron chi connectivity index (χ0n) is 11.4. The van der Waals surface area contributed by atoms with Gasteiger partial charge in [0.25, 0.3) is 5.91 Å². The normalized spacial score (nSPS) is 17.3. The highest BCUT2D eigenvalue weighted by Crippen LogP contribution is 2.24. The van der Waals surface area contributed by atoms with Crippen LogP contribution in [-0.2, 0) is 0 Å². The number of nitro benzene ring substituents is 1. The fourth-order valence-electron chi connectivity index (χ4n) is 2.32. The molecule has 0 aliphatic carbocycles. The predicted octanol–water partition coefficient (Wildman–Crippen LogP) is 1.74. The molecule has 1 aromatic rings. The third-order valence-electron chi connectivity index (χ3n) is 3.58. The van der Waals surface area contributed by atoms with Crippen molar-refractivity contribution >= 4 is 11.6 Å². The second-order valence-corrected chi connectivity index (χ2v) is 5.31. The molecule has 1 aliphatic heterocycles. The zero-order valence-corrected chi connectivity index (χ0v) is 11.4. The number of rotatable bonds is 3. The lowest BCUT2D eigenvalue weighted by molar-refractivity contribution is -0.387. The summed E-state index contributed by atoms with van der Waals surface area (Å²) in [7, 11) is 0. The summed E-state index contributed by atoms with van der Waals surface area (Å²) < 4.78 is 27.3. The monoisotopic (exact) mass is 299 g/mol. The van der Waals surface area contributed by atoms with Crippen molar-refractivity contribution in [2.24, 2.45) is 0 Å². The number of carbonyl (C=O) groups is 1. The third-order valence-corrected chi connectivity index (χ3v) is 3.58. The van der Waals surface area contributed by atoms with Gasteiger partial charge in [0.2, 0.25) is 5.82 Å². The zero-order chi connectivity index (χ0) is 15.6. The molecule has 1 aromatic carbocycles. The topological polar surface area (TPSA) is 84.3 Å². The molecule has 1 aliphatic rings. The molecule has 0 unspecified atom stereocenters. The molecular formula is C13H15F2N3O3. The average Bonchev–Trinajstić information content (AvgIpc) is 2.40. The van der Waals surface area contributed by atoms with Crippen LogP contribution in [0.3, 0.4) is 0 Å². The Morgan fingerprint density at radius 1 is 1.38 bits per heavy atom. The quantitative estimate of drug-likeness (QED) is 0.658. The Morgan fingerprint density at radius 2 is 2.00 bits per heavy atom. The lowest BCUT2D eigenvalue weighted by Gasteiger charge is -2.35. The minimum atomic E-state index is -1.32. The van der Waals surface area contributed by atoms with Crippen LogP contribution in [0.1, 0.15) is 30.1 Å². The van der Waals surface area contributed by atoms with Crippen molar-refractivity contribution in [3.63, 3.8) is 0 Å². The molecule has 21 heavy (non-hydrogen) atoms. The third kappa shape index (κ3) is 3.33. The molecule has 1 saturated heterocycles. The molecule has 0 spiro atoms. The van der Waals surface area contributed by atoms with Crippen LogP contribution in [0.2, 0.25) is 0 Å². The highest BCUT2D eigenvalue weighted by Gasteiger charge is 2.31. The molecule has 1 amide bonds. The number of piperidine rings is 1. The van der Waals surface area contributed by atoms with Gasteiger partial charge in [0.15, 0.2) is 0 Å². The predicted molar refractivity (Wildman–Crippen MR) is 71.0 cm³/mol. The summed E-state index contributed by atoms with van der Waals surface area (Å²) in [6, 6.07) is 1.13. The van der Waals surface area contributed by atoms with E-state index in [1.165, 1.54) is 0 Å². The molecule has 0 aromatic heterocycles. The van der Waals surface area contributed by atoms with Crippen LogP contribution in [0, 0.1) is 21.7 Å². The van der Waals surface area contributed by atoms with Gasteiger partial charge in [0.1, 0.15) is 5.82 Å². The largest absolute Gasteiger partial charge is 0.347 e. The molecule has 2 N–H and O–H groups in total. The van der Waals surface area contributed by atoms with Crippen LogP contribution < -0.4 is 10.6 Å². The Balaban J connectivity index is 2.29. The molecule has 1 fully saturated rings. The number of carbonyl (C=O) groups excluding carboxylic acids is 1. The van der Waals surface area contributed by atoms with Crippen molar-refractivity contribution in [3.05, 3.63) is 39.4 Å². The van der Waals surface area contributed by atoms with E-state index < -0.39 is 39.3 Å². The summed E-state index contributed by atoms with van der Waals surface area (Å²) in [4.78, 5) is 21.7. The van der Waals surface area contributed by atoms with Gasteiger partial charge < -0.3 is 10.6 Å². The Kier molecular flexibility index (Phi) is 4.17. The van der Waals surface area contributed by atoms with Crippen molar-refractivity contribution in [3.8, 4) is 0 Å². The number of nitrogens with zero attached hydrogens (tertiary/aromatic N) is 1. The smallest absolute Gasteiger partial charge is 0.308 e. The first-order valence-electron chi connectivity index (χ1n) is 6.49. The standard InChI is InChI=1S/C13H15F2N3O3/c1-13(2-4-16-5-3-13)17-12(19)9-6-8(14)7-10(11(9)15)18(20)21/h6-7,16H,2-5H2,1H3,(H,17,19). The maximum absolute atomic E-state index is 14.0. The molecule has 6 nitrogen and oxygen atoms in total. The van der Waals surface area contributed by atoms with Gasteiger partial charge in [-0.1, -0.05) is 0 Å². The maximum Gasteiger partial charge on any atom is 0.308 e. The molecule has 0 radical (unpaired) electrons. The van der Waals surface area contributed by atoms with Gasteiger partial charge in [0, 0.05) is 5.54 Å². The maximum atomic E-state index is 14.0. The van der Waals surface area contributed by atoms with E-state index in [-0.39, 0.29) is 0 Å². The molecule has 0 bridgehead atoms. The molecule has 0 atom stereocenters. The number of amides is 1. The van der Waals surface area contributed by atoms with E-state index in [9.17, 15) is 23.7 Å². The number of nitro groups is 1. The van der Waals surface area contributed by atoms with Crippen LogP contribution in [-0.4, -0.2) is 29.5 Å². The number of hydrogen-bond donors (Lipinski definition) is 2. The number of halogens is 2. The van der Waals surface area contributed by atoms with Crippen LogP contribution in [0.5, 0.6) is 0 Å². The Labute approximate surface area is 119 Å². The minimum Gasteiger partial charge on any atom is -0.347 e. The lowest BCUT2D eigenvalue weighted by atomic mass is 9.90. The Bertz CT molecular complexity index is 586. The van der Waals surface area contributed by atoms with Gasteiger partial charge in [0.05, 0.1) is 16.6 Å². The van der Waals surface area contributed by atoms with Crippen molar-refractivity contribution in [1.29, 1.82) is 0 Å². The molecule has 0 saturated carbocycles. The van der Waals surface area contributed by atoms with Crippen LogP contribution in [0.4, 0.5) is 14.5 Å². The van der Waals surface area contributed by atoms with Crippen molar-refractivity contribution in [1.82, 2.24) is 10.6 Å². The first-order chi connectivity index (χ1) is 9.82. The van der Waals surface area contributed by atoms with Gasteiger partial charge in [-0.15, -0.1) is 0 Å². The average molecular weight is 299 g/mol. The van der Waals surface area contributed by atoms with E-state index in [2.05, 4.69) is 10.6 Å². The van der Waals surface area contributed by atoms with E-state index >= 15 is 0 Å². The van der Waals surface area contributed by atoms with E-state index in [1.54, 1.807) is 6.92 Å². The van der Waals surface area contributed by atoms with E-state index in [1.807, 2.05) is 0 Å². The van der Waals surface area contributed by atoms with Gasteiger partial charge in [-0.2, -0.15) is 4.39 Å². The minimum absolute atomic E-state index is 0.457. The fourth-order valence-corrected chi connectivity index (χ4v) is 2.32. The van der Waals surface area contributed by atoms with Crippen molar-refractivity contribution in [2.75, 3.05) is 13.1 Å². The Morgan fingerprint density at radius 3 is 2.57 bits per heavy atom. The van der Waals surface area contributed by atoms with E-state index in [4.69, 9.17) is 0 Å². The summed E-state index contributed by atoms with van der Waals surface area (Å²) in [6.45, 7) is 3.20. The summed E-state index contributed by atoms with van der Waals surface area (Å²) in [5, 5.41) is 16.4. The van der Waals surface area contributed by atoms with Crippen molar-refractivity contribution in [2.45, 2.75) is 25.3 Å². The summed E-state index contributed by atoms with van der Waals surface area (Å²) >= 11 is 0. The van der Waals surface area contributed by atoms with E-state index in [0.717, 1.165) is 0 Å². The number of benzene rings is 1. The first-order valence-corrected chi connectivity index (χ1v) is 6.49. The fraction of sp³-hybridized carbons (Fsp3) is 0.462. The summed E-state index contributed by atoms with van der Waals surface area (Å²) in [5.41, 5.74) is -2.24. The van der Waals surface area contributed by atoms with E-state index in [0.29, 0.717) is 38.1 Å². The number of nitrogens with one attached hydrogen (secondary N) is 2. The van der Waals surface area contributed by atoms with Gasteiger partial charge in [-0.25, -0.2) is 4.39 Å². The molecule has 8 heteroatoms. The summed E-state index contributed by atoms with van der Waals surface area (Å²) in [5.74, 6) is -3.19. The van der Waals surface area contributed by atoms with Crippen LogP contribution in [0.15, 0.2) is 12.1 Å². The molecule has 1 heterocycles.